The lowest BCUT2D eigenvalue weighted by molar-refractivity contribution is -0.139. The molecule has 4 heteroatoms. The van der Waals surface area contributed by atoms with Crippen molar-refractivity contribution in [3.63, 3.8) is 0 Å². The summed E-state index contributed by atoms with van der Waals surface area (Å²) in [4.78, 5) is 14.6. The largest absolute Gasteiger partial charge is 0.335 e. The average Bonchev–Trinajstić information content (AvgIpc) is 2.88. The molecule has 2 unspecified atom stereocenters. The Morgan fingerprint density at radius 3 is 2.60 bits per heavy atom. The van der Waals surface area contributed by atoms with Gasteiger partial charge in [-0.25, -0.2) is 4.39 Å². The lowest BCUT2D eigenvalue weighted by Crippen LogP contribution is -2.53. The van der Waals surface area contributed by atoms with E-state index in [0.29, 0.717) is 6.54 Å². The zero-order valence-electron chi connectivity index (χ0n) is 12.4. The normalized spacial score (nSPS) is 23.6. The van der Waals surface area contributed by atoms with Gasteiger partial charge in [0, 0.05) is 6.54 Å². The van der Waals surface area contributed by atoms with E-state index in [-0.39, 0.29) is 17.8 Å². The number of nitrogens with one attached hydrogen (secondary N) is 1. The van der Waals surface area contributed by atoms with Crippen molar-refractivity contribution >= 4 is 5.91 Å². The van der Waals surface area contributed by atoms with Crippen molar-refractivity contribution in [2.45, 2.75) is 45.2 Å². The molecule has 3 nitrogen and oxygen atoms in total. The van der Waals surface area contributed by atoms with Crippen molar-refractivity contribution in [1.29, 1.82) is 0 Å². The summed E-state index contributed by atoms with van der Waals surface area (Å²) in [6.45, 7) is 7.49. The van der Waals surface area contributed by atoms with Crippen LogP contribution in [0.25, 0.3) is 0 Å². The smallest absolute Gasteiger partial charge is 0.243 e. The molecule has 0 bridgehead atoms. The van der Waals surface area contributed by atoms with E-state index in [1.165, 1.54) is 12.1 Å². The van der Waals surface area contributed by atoms with Gasteiger partial charge in [-0.05, 0) is 57.9 Å². The van der Waals surface area contributed by atoms with Gasteiger partial charge in [-0.1, -0.05) is 12.1 Å². The van der Waals surface area contributed by atoms with Gasteiger partial charge in [-0.15, -0.1) is 0 Å². The first-order chi connectivity index (χ1) is 9.48. The zero-order chi connectivity index (χ0) is 14.8. The van der Waals surface area contributed by atoms with Crippen LogP contribution in [0, 0.1) is 5.82 Å². The molecular weight excluding hydrogens is 255 g/mol. The van der Waals surface area contributed by atoms with E-state index in [1.54, 1.807) is 12.1 Å². The SMILES string of the molecule is CCN(C(=O)C1(C)CCCN1)C(C)c1ccc(F)cc1. The second-order valence-corrected chi connectivity index (χ2v) is 5.68. The molecule has 0 radical (unpaired) electrons. The Labute approximate surface area is 120 Å². The van der Waals surface area contributed by atoms with Crippen molar-refractivity contribution in [2.24, 2.45) is 0 Å². The summed E-state index contributed by atoms with van der Waals surface area (Å²) in [7, 11) is 0. The number of hydrogen-bond donors (Lipinski definition) is 1. The highest BCUT2D eigenvalue weighted by Gasteiger charge is 2.39. The summed E-state index contributed by atoms with van der Waals surface area (Å²) in [6, 6.07) is 6.34. The van der Waals surface area contributed by atoms with Crippen LogP contribution in [0.5, 0.6) is 0 Å². The second-order valence-electron chi connectivity index (χ2n) is 5.68. The topological polar surface area (TPSA) is 32.3 Å². The van der Waals surface area contributed by atoms with Gasteiger partial charge in [0.05, 0.1) is 11.6 Å². The molecule has 0 spiro atoms. The minimum atomic E-state index is -0.454. The Bertz CT molecular complexity index is 466. The molecule has 1 aliphatic heterocycles. The van der Waals surface area contributed by atoms with Gasteiger partial charge in [0.25, 0.3) is 0 Å². The minimum Gasteiger partial charge on any atom is -0.335 e. The lowest BCUT2D eigenvalue weighted by atomic mass is 9.96. The number of rotatable bonds is 4. The molecule has 1 amide bonds. The number of nitrogens with zero attached hydrogens (tertiary/aromatic N) is 1. The Morgan fingerprint density at radius 2 is 2.10 bits per heavy atom. The average molecular weight is 278 g/mol. The number of likely N-dealkylation sites (N-methyl/N-ethyl adjacent to an activating group) is 1. The van der Waals surface area contributed by atoms with E-state index < -0.39 is 5.54 Å². The molecule has 1 N–H and O–H groups in total. The van der Waals surface area contributed by atoms with Crippen LogP contribution in [0.2, 0.25) is 0 Å². The van der Waals surface area contributed by atoms with Gasteiger partial charge in [-0.2, -0.15) is 0 Å². The molecule has 0 aromatic heterocycles. The van der Waals surface area contributed by atoms with Crippen LogP contribution < -0.4 is 5.32 Å². The van der Waals surface area contributed by atoms with Crippen LogP contribution in [-0.2, 0) is 4.79 Å². The number of amides is 1. The van der Waals surface area contributed by atoms with E-state index in [9.17, 15) is 9.18 Å². The molecule has 1 aliphatic rings. The summed E-state index contributed by atoms with van der Waals surface area (Å²) in [5.74, 6) is -0.117. The summed E-state index contributed by atoms with van der Waals surface area (Å²) < 4.78 is 13.0. The molecule has 110 valence electrons. The first-order valence-electron chi connectivity index (χ1n) is 7.29. The maximum Gasteiger partial charge on any atom is 0.243 e. The molecular formula is C16H23FN2O. The molecule has 0 aliphatic carbocycles. The molecule has 1 fully saturated rings. The van der Waals surface area contributed by atoms with Gasteiger partial charge < -0.3 is 10.2 Å². The fourth-order valence-corrected chi connectivity index (χ4v) is 2.91. The Balaban J connectivity index is 2.18. The third kappa shape index (κ3) is 2.85. The van der Waals surface area contributed by atoms with Crippen LogP contribution in [0.4, 0.5) is 4.39 Å². The molecule has 1 aromatic carbocycles. The van der Waals surface area contributed by atoms with Gasteiger partial charge in [-0.3, -0.25) is 4.79 Å². The predicted octanol–water partition coefficient (Wildman–Crippen LogP) is 2.88. The van der Waals surface area contributed by atoms with Crippen molar-refractivity contribution in [2.75, 3.05) is 13.1 Å². The van der Waals surface area contributed by atoms with Crippen LogP contribution in [0.15, 0.2) is 24.3 Å². The van der Waals surface area contributed by atoms with Gasteiger partial charge >= 0.3 is 0 Å². The Hall–Kier alpha value is -1.42. The molecule has 20 heavy (non-hydrogen) atoms. The number of carbonyl (C=O) groups is 1. The Morgan fingerprint density at radius 1 is 1.45 bits per heavy atom. The third-order valence-corrected chi connectivity index (χ3v) is 4.26. The van der Waals surface area contributed by atoms with E-state index in [2.05, 4.69) is 5.32 Å². The van der Waals surface area contributed by atoms with Crippen LogP contribution in [0.1, 0.15) is 45.2 Å². The molecule has 2 rings (SSSR count). The van der Waals surface area contributed by atoms with E-state index in [0.717, 1.165) is 24.9 Å². The summed E-state index contributed by atoms with van der Waals surface area (Å²) >= 11 is 0. The standard InChI is InChI=1S/C16H23FN2O/c1-4-19(15(20)16(3)10-5-11-18-16)12(2)13-6-8-14(17)9-7-13/h6-9,12,18H,4-5,10-11H2,1-3H3. The molecule has 1 saturated heterocycles. The van der Waals surface area contributed by atoms with E-state index >= 15 is 0 Å². The van der Waals surface area contributed by atoms with E-state index in [1.807, 2.05) is 25.7 Å². The molecule has 1 aromatic rings. The predicted molar refractivity (Wildman–Crippen MR) is 77.8 cm³/mol. The maximum atomic E-state index is 13.0. The Kier molecular flexibility index (Phi) is 4.43. The van der Waals surface area contributed by atoms with Crippen molar-refractivity contribution in [3.8, 4) is 0 Å². The maximum absolute atomic E-state index is 13.0. The quantitative estimate of drug-likeness (QED) is 0.918. The van der Waals surface area contributed by atoms with Gasteiger partial charge in [0.15, 0.2) is 0 Å². The fourth-order valence-electron chi connectivity index (χ4n) is 2.91. The minimum absolute atomic E-state index is 0.0488. The van der Waals surface area contributed by atoms with Crippen LogP contribution >= 0.6 is 0 Å². The van der Waals surface area contributed by atoms with Crippen molar-refractivity contribution < 1.29 is 9.18 Å². The molecule has 0 saturated carbocycles. The lowest BCUT2D eigenvalue weighted by Gasteiger charge is -2.35. The highest BCUT2D eigenvalue weighted by atomic mass is 19.1. The number of halogens is 1. The second kappa shape index (κ2) is 5.92. The van der Waals surface area contributed by atoms with E-state index in [4.69, 9.17) is 0 Å². The van der Waals surface area contributed by atoms with Gasteiger partial charge in [0.2, 0.25) is 5.91 Å². The highest BCUT2D eigenvalue weighted by molar-refractivity contribution is 5.86. The molecule has 2 atom stereocenters. The monoisotopic (exact) mass is 278 g/mol. The van der Waals surface area contributed by atoms with Crippen LogP contribution in [0.3, 0.4) is 0 Å². The first-order valence-corrected chi connectivity index (χ1v) is 7.29. The summed E-state index contributed by atoms with van der Waals surface area (Å²) in [5.41, 5.74) is 0.507. The van der Waals surface area contributed by atoms with Crippen molar-refractivity contribution in [1.82, 2.24) is 10.2 Å². The summed E-state index contributed by atoms with van der Waals surface area (Å²) in [6.07, 6.45) is 1.91. The number of carbonyl (C=O) groups excluding carboxylic acids is 1. The van der Waals surface area contributed by atoms with Crippen LogP contribution in [-0.4, -0.2) is 29.4 Å². The number of hydrogen-bond acceptors (Lipinski definition) is 2. The third-order valence-electron chi connectivity index (χ3n) is 4.26. The van der Waals surface area contributed by atoms with Gasteiger partial charge in [0.1, 0.15) is 5.82 Å². The highest BCUT2D eigenvalue weighted by Crippen LogP contribution is 2.27. The fraction of sp³-hybridized carbons (Fsp3) is 0.562. The summed E-state index contributed by atoms with van der Waals surface area (Å²) in [5, 5.41) is 3.31. The molecule has 1 heterocycles. The zero-order valence-corrected chi connectivity index (χ0v) is 12.4. The first kappa shape index (κ1) is 15.0. The number of benzene rings is 1. The van der Waals surface area contributed by atoms with Crippen molar-refractivity contribution in [3.05, 3.63) is 35.6 Å².